The van der Waals surface area contributed by atoms with E-state index in [0.29, 0.717) is 17.3 Å². The molecule has 0 spiro atoms. The van der Waals surface area contributed by atoms with Crippen LogP contribution in [0.1, 0.15) is 5.56 Å². The zero-order chi connectivity index (χ0) is 14.5. The summed E-state index contributed by atoms with van der Waals surface area (Å²) in [5.74, 6) is 1.07. The Morgan fingerprint density at radius 3 is 2.55 bits per heavy atom. The average Bonchev–Trinajstić information content (AvgIpc) is 2.46. The van der Waals surface area contributed by atoms with Gasteiger partial charge in [0.25, 0.3) is 0 Å². The van der Waals surface area contributed by atoms with Crippen molar-refractivity contribution < 1.29 is 13.9 Å². The van der Waals surface area contributed by atoms with E-state index in [1.165, 1.54) is 12.1 Å². The summed E-state index contributed by atoms with van der Waals surface area (Å²) in [6.45, 7) is 0.461. The van der Waals surface area contributed by atoms with E-state index in [-0.39, 0.29) is 5.82 Å². The maximum Gasteiger partial charge on any atom is 0.142 e. The van der Waals surface area contributed by atoms with Crippen molar-refractivity contribution in [1.82, 2.24) is 0 Å². The second kappa shape index (κ2) is 6.48. The molecule has 1 N–H and O–H groups in total. The van der Waals surface area contributed by atoms with Crippen molar-refractivity contribution in [3.63, 3.8) is 0 Å². The highest BCUT2D eigenvalue weighted by Gasteiger charge is 2.07. The number of methoxy groups -OCH3 is 2. The Kier molecular flexibility index (Phi) is 4.69. The lowest BCUT2D eigenvalue weighted by Crippen LogP contribution is -2.02. The van der Waals surface area contributed by atoms with Gasteiger partial charge in [0, 0.05) is 17.6 Å². The molecule has 20 heavy (non-hydrogen) atoms. The van der Waals surface area contributed by atoms with Crippen LogP contribution in [-0.4, -0.2) is 14.2 Å². The van der Waals surface area contributed by atoms with Gasteiger partial charge in [-0.25, -0.2) is 4.39 Å². The summed E-state index contributed by atoms with van der Waals surface area (Å²) in [5.41, 5.74) is 1.59. The van der Waals surface area contributed by atoms with Crippen molar-refractivity contribution in [1.29, 1.82) is 0 Å². The Morgan fingerprint density at radius 1 is 1.10 bits per heavy atom. The smallest absolute Gasteiger partial charge is 0.142 e. The topological polar surface area (TPSA) is 30.5 Å². The van der Waals surface area contributed by atoms with Gasteiger partial charge in [-0.15, -0.1) is 0 Å². The molecule has 2 rings (SSSR count). The van der Waals surface area contributed by atoms with Crippen molar-refractivity contribution in [2.75, 3.05) is 19.5 Å². The highest BCUT2D eigenvalue weighted by atomic mass is 35.5. The Morgan fingerprint density at radius 2 is 1.90 bits per heavy atom. The van der Waals surface area contributed by atoms with E-state index in [2.05, 4.69) is 5.32 Å². The summed E-state index contributed by atoms with van der Waals surface area (Å²) in [7, 11) is 3.19. The Bertz CT molecular complexity index is 604. The van der Waals surface area contributed by atoms with Gasteiger partial charge in [0.15, 0.2) is 0 Å². The maximum atomic E-state index is 13.0. The van der Waals surface area contributed by atoms with Gasteiger partial charge in [-0.05, 0) is 29.8 Å². The Hall–Kier alpha value is -1.94. The van der Waals surface area contributed by atoms with Gasteiger partial charge in [0.05, 0.1) is 19.9 Å². The molecular formula is C15H15ClFNO2. The van der Waals surface area contributed by atoms with Gasteiger partial charge in [0.1, 0.15) is 17.3 Å². The van der Waals surface area contributed by atoms with E-state index in [4.69, 9.17) is 21.1 Å². The second-order valence-corrected chi connectivity index (χ2v) is 4.56. The third-order valence-electron chi connectivity index (χ3n) is 2.89. The summed E-state index contributed by atoms with van der Waals surface area (Å²) < 4.78 is 23.4. The van der Waals surface area contributed by atoms with Gasteiger partial charge in [0.2, 0.25) is 0 Å². The highest BCUT2D eigenvalue weighted by Crippen LogP contribution is 2.29. The first-order chi connectivity index (χ1) is 9.63. The van der Waals surface area contributed by atoms with E-state index < -0.39 is 0 Å². The van der Waals surface area contributed by atoms with Crippen molar-refractivity contribution in [3.8, 4) is 11.5 Å². The number of hydrogen-bond acceptors (Lipinski definition) is 3. The van der Waals surface area contributed by atoms with Crippen LogP contribution in [0.4, 0.5) is 10.1 Å². The number of nitrogens with one attached hydrogen (secondary N) is 1. The van der Waals surface area contributed by atoms with Crippen LogP contribution in [0, 0.1) is 5.82 Å². The Balaban J connectivity index is 2.17. The zero-order valence-corrected chi connectivity index (χ0v) is 12.0. The van der Waals surface area contributed by atoms with Crippen LogP contribution in [0.2, 0.25) is 5.02 Å². The predicted molar refractivity (Wildman–Crippen MR) is 78.3 cm³/mol. The number of anilines is 1. The number of ether oxygens (including phenoxy) is 2. The lowest BCUT2D eigenvalue weighted by atomic mass is 10.2. The lowest BCUT2D eigenvalue weighted by Gasteiger charge is -2.13. The van der Waals surface area contributed by atoms with Crippen molar-refractivity contribution in [3.05, 3.63) is 52.8 Å². The minimum Gasteiger partial charge on any atom is -0.497 e. The van der Waals surface area contributed by atoms with Gasteiger partial charge in [-0.3, -0.25) is 0 Å². The van der Waals surface area contributed by atoms with E-state index in [9.17, 15) is 4.39 Å². The van der Waals surface area contributed by atoms with Crippen LogP contribution < -0.4 is 14.8 Å². The fourth-order valence-electron chi connectivity index (χ4n) is 1.81. The summed E-state index contributed by atoms with van der Waals surface area (Å²) in [6.07, 6.45) is 0. The largest absolute Gasteiger partial charge is 0.497 e. The molecule has 0 aliphatic heterocycles. The van der Waals surface area contributed by atoms with Crippen LogP contribution in [0.3, 0.4) is 0 Å². The molecule has 2 aromatic rings. The Labute approximate surface area is 122 Å². The molecule has 106 valence electrons. The monoisotopic (exact) mass is 295 g/mol. The second-order valence-electron chi connectivity index (χ2n) is 4.16. The summed E-state index contributed by atoms with van der Waals surface area (Å²) in [5, 5.41) is 3.59. The van der Waals surface area contributed by atoms with Gasteiger partial charge in [-0.2, -0.15) is 0 Å². The summed E-state index contributed by atoms with van der Waals surface area (Å²) >= 11 is 5.99. The molecular weight excluding hydrogens is 281 g/mol. The fourth-order valence-corrected chi connectivity index (χ4v) is 2.04. The molecule has 0 saturated carbocycles. The first-order valence-electron chi connectivity index (χ1n) is 6.04. The predicted octanol–water partition coefficient (Wildman–Crippen LogP) is 4.11. The maximum absolute atomic E-state index is 13.0. The SMILES string of the molecule is COc1ccc(OC)c(NCc2ccc(F)cc2Cl)c1. The molecule has 0 atom stereocenters. The molecule has 3 nitrogen and oxygen atoms in total. The number of rotatable bonds is 5. The molecule has 0 heterocycles. The van der Waals surface area contributed by atoms with E-state index in [1.54, 1.807) is 20.3 Å². The molecule has 0 bridgehead atoms. The number of benzene rings is 2. The minimum absolute atomic E-state index is 0.349. The molecule has 5 heteroatoms. The van der Waals surface area contributed by atoms with E-state index in [1.807, 2.05) is 18.2 Å². The van der Waals surface area contributed by atoms with Gasteiger partial charge < -0.3 is 14.8 Å². The lowest BCUT2D eigenvalue weighted by molar-refractivity contribution is 0.404. The normalized spacial score (nSPS) is 10.2. The molecule has 0 saturated heterocycles. The number of halogens is 2. The summed E-state index contributed by atoms with van der Waals surface area (Å²) in [4.78, 5) is 0. The first-order valence-corrected chi connectivity index (χ1v) is 6.41. The van der Waals surface area contributed by atoms with Gasteiger partial charge in [-0.1, -0.05) is 17.7 Å². The van der Waals surface area contributed by atoms with Crippen LogP contribution in [0.25, 0.3) is 0 Å². The van der Waals surface area contributed by atoms with Crippen LogP contribution in [0.15, 0.2) is 36.4 Å². The van der Waals surface area contributed by atoms with Crippen molar-refractivity contribution in [2.24, 2.45) is 0 Å². The van der Waals surface area contributed by atoms with Gasteiger partial charge >= 0.3 is 0 Å². The van der Waals surface area contributed by atoms with E-state index in [0.717, 1.165) is 17.0 Å². The average molecular weight is 296 g/mol. The molecule has 0 fully saturated rings. The fraction of sp³-hybridized carbons (Fsp3) is 0.200. The summed E-state index contributed by atoms with van der Waals surface area (Å²) in [6, 6.07) is 9.78. The molecule has 0 unspecified atom stereocenters. The van der Waals surface area contributed by atoms with Crippen molar-refractivity contribution in [2.45, 2.75) is 6.54 Å². The highest BCUT2D eigenvalue weighted by molar-refractivity contribution is 6.31. The first kappa shape index (κ1) is 14.5. The van der Waals surface area contributed by atoms with E-state index >= 15 is 0 Å². The van der Waals surface area contributed by atoms with Crippen LogP contribution in [-0.2, 0) is 6.54 Å². The third kappa shape index (κ3) is 3.33. The standard InChI is InChI=1S/C15H15ClFNO2/c1-19-12-5-6-15(20-2)14(8-12)18-9-10-3-4-11(17)7-13(10)16/h3-8,18H,9H2,1-2H3. The molecule has 2 aromatic carbocycles. The molecule has 0 radical (unpaired) electrons. The molecule has 0 aliphatic rings. The van der Waals surface area contributed by atoms with Crippen LogP contribution in [0.5, 0.6) is 11.5 Å². The molecule has 0 aliphatic carbocycles. The third-order valence-corrected chi connectivity index (χ3v) is 3.24. The quantitative estimate of drug-likeness (QED) is 0.900. The zero-order valence-electron chi connectivity index (χ0n) is 11.2. The molecule has 0 aromatic heterocycles. The number of hydrogen-bond donors (Lipinski definition) is 1. The van der Waals surface area contributed by atoms with Crippen LogP contribution >= 0.6 is 11.6 Å². The minimum atomic E-state index is -0.349. The molecule has 0 amide bonds. The van der Waals surface area contributed by atoms with Crippen molar-refractivity contribution >= 4 is 17.3 Å².